The molecule has 1 heterocycles. The van der Waals surface area contributed by atoms with E-state index in [0.29, 0.717) is 6.04 Å². The van der Waals surface area contributed by atoms with Gasteiger partial charge in [0.15, 0.2) is 0 Å². The molecule has 0 amide bonds. The van der Waals surface area contributed by atoms with Crippen molar-refractivity contribution in [2.45, 2.75) is 52.0 Å². The van der Waals surface area contributed by atoms with Gasteiger partial charge in [-0.15, -0.1) is 0 Å². The topological polar surface area (TPSA) is 25.2 Å². The summed E-state index contributed by atoms with van der Waals surface area (Å²) in [5.41, 5.74) is 2.47. The van der Waals surface area contributed by atoms with Gasteiger partial charge >= 0.3 is 0 Å². The number of para-hydroxylation sites is 1. The van der Waals surface area contributed by atoms with Crippen molar-refractivity contribution in [3.05, 3.63) is 35.6 Å². The predicted octanol–water partition coefficient (Wildman–Crippen LogP) is 4.84. The normalized spacial score (nSPS) is 17.9. The maximum absolute atomic E-state index is 6.10. The van der Waals surface area contributed by atoms with E-state index in [1.165, 1.54) is 42.4 Å². The molecule has 1 N–H and O–H groups in total. The molecular weight excluding hydrogens is 246 g/mol. The van der Waals surface area contributed by atoms with Crippen LogP contribution < -0.4 is 5.32 Å². The van der Waals surface area contributed by atoms with E-state index in [4.69, 9.17) is 4.42 Å². The largest absolute Gasteiger partial charge is 0.461 e. The fraction of sp³-hybridized carbons (Fsp3) is 0.556. The maximum atomic E-state index is 6.10. The van der Waals surface area contributed by atoms with Gasteiger partial charge in [-0.3, -0.25) is 0 Å². The summed E-state index contributed by atoms with van der Waals surface area (Å²) in [5, 5.41) is 5.04. The number of aryl methyl sites for hydroxylation is 1. The number of nitrogens with one attached hydrogen (secondary N) is 1. The van der Waals surface area contributed by atoms with Crippen LogP contribution in [0.15, 0.2) is 28.7 Å². The van der Waals surface area contributed by atoms with Crippen molar-refractivity contribution in [1.29, 1.82) is 0 Å². The third-order valence-electron chi connectivity index (χ3n) is 4.64. The minimum Gasteiger partial charge on any atom is -0.461 e. The second kappa shape index (κ2) is 6.01. The fourth-order valence-corrected chi connectivity index (χ4v) is 3.73. The number of rotatable bonds is 5. The highest BCUT2D eigenvalue weighted by Gasteiger charge is 2.30. The Bertz CT molecular complexity index is 566. The van der Waals surface area contributed by atoms with Gasteiger partial charge in [0.05, 0.1) is 0 Å². The molecule has 1 aliphatic carbocycles. The van der Waals surface area contributed by atoms with Gasteiger partial charge in [0, 0.05) is 23.4 Å². The first-order valence-corrected chi connectivity index (χ1v) is 8.08. The minimum absolute atomic E-state index is 0.459. The highest BCUT2D eigenvalue weighted by molar-refractivity contribution is 5.82. The van der Waals surface area contributed by atoms with E-state index >= 15 is 0 Å². The molecule has 0 aliphatic heterocycles. The molecule has 1 saturated carbocycles. The SMILES string of the molecule is CCNC(c1c(CC)oc2ccccc12)C1CCCC1. The van der Waals surface area contributed by atoms with Crippen LogP contribution in [0.1, 0.15) is 56.9 Å². The van der Waals surface area contributed by atoms with Crippen LogP contribution in [-0.4, -0.2) is 6.54 Å². The van der Waals surface area contributed by atoms with Crippen molar-refractivity contribution < 1.29 is 4.42 Å². The lowest BCUT2D eigenvalue weighted by atomic mass is 9.89. The lowest BCUT2D eigenvalue weighted by Gasteiger charge is -2.25. The van der Waals surface area contributed by atoms with Gasteiger partial charge in [0.2, 0.25) is 0 Å². The Kier molecular flexibility index (Phi) is 4.11. The highest BCUT2D eigenvalue weighted by atomic mass is 16.3. The molecule has 0 radical (unpaired) electrons. The Hall–Kier alpha value is -1.28. The van der Waals surface area contributed by atoms with Gasteiger partial charge in [0.25, 0.3) is 0 Å². The Morgan fingerprint density at radius 3 is 2.65 bits per heavy atom. The maximum Gasteiger partial charge on any atom is 0.134 e. The van der Waals surface area contributed by atoms with Crippen LogP contribution in [0.5, 0.6) is 0 Å². The zero-order valence-corrected chi connectivity index (χ0v) is 12.6. The summed E-state index contributed by atoms with van der Waals surface area (Å²) in [6.07, 6.45) is 6.42. The Morgan fingerprint density at radius 2 is 1.95 bits per heavy atom. The average molecular weight is 271 g/mol. The highest BCUT2D eigenvalue weighted by Crippen LogP contribution is 2.41. The number of benzene rings is 1. The number of hydrogen-bond acceptors (Lipinski definition) is 2. The number of furan rings is 1. The Labute approximate surface area is 121 Å². The van der Waals surface area contributed by atoms with E-state index in [1.807, 2.05) is 0 Å². The van der Waals surface area contributed by atoms with Crippen molar-refractivity contribution in [3.63, 3.8) is 0 Å². The smallest absolute Gasteiger partial charge is 0.134 e. The zero-order valence-electron chi connectivity index (χ0n) is 12.6. The molecular formula is C18H25NO. The van der Waals surface area contributed by atoms with E-state index in [1.54, 1.807) is 0 Å². The first-order chi connectivity index (χ1) is 9.85. The molecule has 2 heteroatoms. The molecule has 0 saturated heterocycles. The summed E-state index contributed by atoms with van der Waals surface area (Å²) >= 11 is 0. The van der Waals surface area contributed by atoms with Crippen LogP contribution in [0, 0.1) is 5.92 Å². The fourth-order valence-electron chi connectivity index (χ4n) is 3.73. The van der Waals surface area contributed by atoms with Crippen LogP contribution >= 0.6 is 0 Å². The second-order valence-corrected chi connectivity index (χ2v) is 5.87. The van der Waals surface area contributed by atoms with Gasteiger partial charge in [-0.2, -0.15) is 0 Å². The summed E-state index contributed by atoms with van der Waals surface area (Å²) in [5.74, 6) is 1.94. The third-order valence-corrected chi connectivity index (χ3v) is 4.64. The standard InChI is InChI=1S/C18H25NO/c1-3-15-17(14-11-7-8-12-16(14)20-15)18(19-4-2)13-9-5-6-10-13/h7-8,11-13,18-19H,3-6,9-10H2,1-2H3. The molecule has 2 aromatic rings. The molecule has 1 fully saturated rings. The lowest BCUT2D eigenvalue weighted by molar-refractivity contribution is 0.369. The number of hydrogen-bond donors (Lipinski definition) is 1. The van der Waals surface area contributed by atoms with Gasteiger partial charge in [-0.25, -0.2) is 0 Å². The summed E-state index contributed by atoms with van der Waals surface area (Å²) in [6, 6.07) is 8.95. The van der Waals surface area contributed by atoms with Crippen LogP contribution in [0.25, 0.3) is 11.0 Å². The van der Waals surface area contributed by atoms with Crippen LogP contribution in [0.2, 0.25) is 0 Å². The van der Waals surface area contributed by atoms with E-state index in [2.05, 4.69) is 43.4 Å². The first kappa shape index (κ1) is 13.7. The van der Waals surface area contributed by atoms with Gasteiger partial charge in [0.1, 0.15) is 11.3 Å². The summed E-state index contributed by atoms with van der Waals surface area (Å²) in [6.45, 7) is 5.42. The van der Waals surface area contributed by atoms with Crippen LogP contribution in [0.3, 0.4) is 0 Å². The number of fused-ring (bicyclic) bond motifs is 1. The van der Waals surface area contributed by atoms with E-state index < -0.39 is 0 Å². The van der Waals surface area contributed by atoms with E-state index in [9.17, 15) is 0 Å². The minimum atomic E-state index is 0.459. The van der Waals surface area contributed by atoms with Gasteiger partial charge in [-0.1, -0.05) is 44.9 Å². The summed E-state index contributed by atoms with van der Waals surface area (Å²) < 4.78 is 6.10. The van der Waals surface area contributed by atoms with Crippen molar-refractivity contribution in [2.75, 3.05) is 6.54 Å². The van der Waals surface area contributed by atoms with Crippen molar-refractivity contribution in [3.8, 4) is 0 Å². The molecule has 1 unspecified atom stereocenters. The van der Waals surface area contributed by atoms with Gasteiger partial charge in [-0.05, 0) is 31.4 Å². The molecule has 1 atom stereocenters. The lowest BCUT2D eigenvalue weighted by Crippen LogP contribution is -2.27. The molecule has 1 aromatic carbocycles. The molecule has 20 heavy (non-hydrogen) atoms. The second-order valence-electron chi connectivity index (χ2n) is 5.87. The molecule has 0 bridgehead atoms. The molecule has 2 nitrogen and oxygen atoms in total. The van der Waals surface area contributed by atoms with Crippen LogP contribution in [0.4, 0.5) is 0 Å². The third kappa shape index (κ3) is 2.37. The zero-order chi connectivity index (χ0) is 13.9. The van der Waals surface area contributed by atoms with Crippen molar-refractivity contribution in [2.24, 2.45) is 5.92 Å². The first-order valence-electron chi connectivity index (χ1n) is 8.08. The monoisotopic (exact) mass is 271 g/mol. The quantitative estimate of drug-likeness (QED) is 0.842. The molecule has 1 aromatic heterocycles. The predicted molar refractivity (Wildman–Crippen MR) is 84.0 cm³/mol. The van der Waals surface area contributed by atoms with Crippen molar-refractivity contribution >= 4 is 11.0 Å². The average Bonchev–Trinajstić information content (AvgIpc) is 3.12. The summed E-state index contributed by atoms with van der Waals surface area (Å²) in [4.78, 5) is 0. The van der Waals surface area contributed by atoms with E-state index in [-0.39, 0.29) is 0 Å². The molecule has 3 rings (SSSR count). The molecule has 1 aliphatic rings. The van der Waals surface area contributed by atoms with Gasteiger partial charge < -0.3 is 9.73 Å². The van der Waals surface area contributed by atoms with Crippen molar-refractivity contribution in [1.82, 2.24) is 5.32 Å². The molecule has 108 valence electrons. The van der Waals surface area contributed by atoms with E-state index in [0.717, 1.165) is 24.5 Å². The summed E-state index contributed by atoms with van der Waals surface area (Å²) in [7, 11) is 0. The Morgan fingerprint density at radius 1 is 1.20 bits per heavy atom. The van der Waals surface area contributed by atoms with Crippen LogP contribution in [-0.2, 0) is 6.42 Å². The Balaban J connectivity index is 2.08. The molecule has 0 spiro atoms.